The van der Waals surface area contributed by atoms with Crippen LogP contribution in [-0.4, -0.2) is 64.2 Å². The molecule has 32 heavy (non-hydrogen) atoms. The van der Waals surface area contributed by atoms with E-state index < -0.39 is 0 Å². The summed E-state index contributed by atoms with van der Waals surface area (Å²) in [6.45, 7) is 6.55. The zero-order valence-electron chi connectivity index (χ0n) is 19.6. The molecular formula is C24H35IN4O3. The highest BCUT2D eigenvalue weighted by Crippen LogP contribution is 2.27. The number of aryl methyl sites for hydroxylation is 1. The number of benzene rings is 2. The van der Waals surface area contributed by atoms with E-state index in [1.54, 1.807) is 14.2 Å². The van der Waals surface area contributed by atoms with Crippen LogP contribution in [0.4, 0.5) is 0 Å². The maximum absolute atomic E-state index is 12.3. The number of hydrogen-bond acceptors (Lipinski definition) is 4. The second kappa shape index (κ2) is 14.5. The Morgan fingerprint density at radius 3 is 2.47 bits per heavy atom. The number of carbonyl (C=O) groups excluding carboxylic acids is 1. The SMILES string of the molecule is CCNC(=NCCNC(=O)c1cccc(C)c1)N(C)CCc1ccc(OC)c(OC)c1.I. The van der Waals surface area contributed by atoms with E-state index in [4.69, 9.17) is 9.47 Å². The maximum atomic E-state index is 12.3. The first-order valence-electron chi connectivity index (χ1n) is 10.5. The molecular weight excluding hydrogens is 519 g/mol. The summed E-state index contributed by atoms with van der Waals surface area (Å²) in [6.07, 6.45) is 0.839. The van der Waals surface area contributed by atoms with Gasteiger partial charge in [0.25, 0.3) is 5.91 Å². The number of nitrogens with one attached hydrogen (secondary N) is 2. The molecule has 0 saturated heterocycles. The van der Waals surface area contributed by atoms with Crippen molar-refractivity contribution in [1.82, 2.24) is 15.5 Å². The molecule has 176 valence electrons. The van der Waals surface area contributed by atoms with Gasteiger partial charge in [0.1, 0.15) is 0 Å². The molecule has 2 rings (SSSR count). The molecule has 0 spiro atoms. The summed E-state index contributed by atoms with van der Waals surface area (Å²) in [5.41, 5.74) is 2.89. The standard InChI is InChI=1S/C24H34N4O3.HI/c1-6-25-24(27-14-13-26-23(29)20-9-7-8-18(2)16-20)28(3)15-12-19-10-11-21(30-4)22(17-19)31-5;/h7-11,16-17H,6,12-15H2,1-5H3,(H,25,27)(H,26,29);1H. The topological polar surface area (TPSA) is 75.2 Å². The summed E-state index contributed by atoms with van der Waals surface area (Å²) in [4.78, 5) is 19.0. The van der Waals surface area contributed by atoms with E-state index in [-0.39, 0.29) is 29.9 Å². The van der Waals surface area contributed by atoms with Crippen molar-refractivity contribution >= 4 is 35.8 Å². The predicted molar refractivity (Wildman–Crippen MR) is 141 cm³/mol. The minimum atomic E-state index is -0.0780. The van der Waals surface area contributed by atoms with E-state index >= 15 is 0 Å². The largest absolute Gasteiger partial charge is 0.493 e. The van der Waals surface area contributed by atoms with Crippen LogP contribution in [0.2, 0.25) is 0 Å². The molecule has 0 bridgehead atoms. The molecule has 0 aliphatic carbocycles. The average molecular weight is 554 g/mol. The highest BCUT2D eigenvalue weighted by Gasteiger charge is 2.09. The van der Waals surface area contributed by atoms with E-state index in [0.717, 1.165) is 48.1 Å². The molecule has 0 unspecified atom stereocenters. The number of methoxy groups -OCH3 is 2. The van der Waals surface area contributed by atoms with Crippen molar-refractivity contribution in [2.24, 2.45) is 4.99 Å². The van der Waals surface area contributed by atoms with Gasteiger partial charge in [-0.1, -0.05) is 23.8 Å². The van der Waals surface area contributed by atoms with Crippen LogP contribution in [0.15, 0.2) is 47.5 Å². The molecule has 2 N–H and O–H groups in total. The number of hydrogen-bond donors (Lipinski definition) is 2. The van der Waals surface area contributed by atoms with Crippen LogP contribution in [0.25, 0.3) is 0 Å². The van der Waals surface area contributed by atoms with Crippen molar-refractivity contribution < 1.29 is 14.3 Å². The molecule has 2 aromatic rings. The van der Waals surface area contributed by atoms with E-state index in [9.17, 15) is 4.79 Å². The number of halogens is 1. The van der Waals surface area contributed by atoms with Gasteiger partial charge in [-0.15, -0.1) is 24.0 Å². The van der Waals surface area contributed by atoms with Crippen molar-refractivity contribution in [3.8, 4) is 11.5 Å². The zero-order valence-corrected chi connectivity index (χ0v) is 21.9. The first-order chi connectivity index (χ1) is 15.0. The lowest BCUT2D eigenvalue weighted by Crippen LogP contribution is -2.40. The Balaban J connectivity index is 0.00000512. The molecule has 8 heteroatoms. The van der Waals surface area contributed by atoms with Crippen LogP contribution >= 0.6 is 24.0 Å². The summed E-state index contributed by atoms with van der Waals surface area (Å²) in [5, 5.41) is 6.23. The highest BCUT2D eigenvalue weighted by molar-refractivity contribution is 14.0. The third-order valence-electron chi connectivity index (χ3n) is 4.82. The third-order valence-corrected chi connectivity index (χ3v) is 4.82. The normalized spacial score (nSPS) is 10.7. The molecule has 0 radical (unpaired) electrons. The van der Waals surface area contributed by atoms with Crippen LogP contribution in [0.5, 0.6) is 11.5 Å². The summed E-state index contributed by atoms with van der Waals surface area (Å²) in [5.74, 6) is 2.19. The molecule has 0 aromatic heterocycles. The first-order valence-corrected chi connectivity index (χ1v) is 10.5. The van der Waals surface area contributed by atoms with Crippen LogP contribution < -0.4 is 20.1 Å². The number of guanidine groups is 1. The van der Waals surface area contributed by atoms with Crippen molar-refractivity contribution in [3.63, 3.8) is 0 Å². The third kappa shape index (κ3) is 8.57. The fourth-order valence-electron chi connectivity index (χ4n) is 3.13. The quantitative estimate of drug-likeness (QED) is 0.204. The maximum Gasteiger partial charge on any atom is 0.251 e. The fraction of sp³-hybridized carbons (Fsp3) is 0.417. The molecule has 7 nitrogen and oxygen atoms in total. The van der Waals surface area contributed by atoms with Gasteiger partial charge in [-0.2, -0.15) is 0 Å². The van der Waals surface area contributed by atoms with Gasteiger partial charge < -0.3 is 25.0 Å². The molecule has 0 heterocycles. The lowest BCUT2D eigenvalue weighted by molar-refractivity contribution is 0.0954. The van der Waals surface area contributed by atoms with Crippen molar-refractivity contribution in [1.29, 1.82) is 0 Å². The molecule has 0 atom stereocenters. The first kappa shape index (κ1) is 27.5. The second-order valence-electron chi connectivity index (χ2n) is 7.22. The van der Waals surface area contributed by atoms with Gasteiger partial charge in [0.2, 0.25) is 0 Å². The van der Waals surface area contributed by atoms with Gasteiger partial charge in [0, 0.05) is 32.2 Å². The molecule has 0 aliphatic heterocycles. The fourth-order valence-corrected chi connectivity index (χ4v) is 3.13. The van der Waals surface area contributed by atoms with Crippen LogP contribution in [-0.2, 0) is 6.42 Å². The van der Waals surface area contributed by atoms with Gasteiger partial charge in [0.15, 0.2) is 17.5 Å². The minimum Gasteiger partial charge on any atom is -0.493 e. The van der Waals surface area contributed by atoms with Gasteiger partial charge in [-0.25, -0.2) is 0 Å². The van der Waals surface area contributed by atoms with Crippen LogP contribution in [0.3, 0.4) is 0 Å². The summed E-state index contributed by atoms with van der Waals surface area (Å²) in [7, 11) is 5.28. The number of rotatable bonds is 10. The van der Waals surface area contributed by atoms with Crippen LogP contribution in [0.1, 0.15) is 28.4 Å². The average Bonchev–Trinajstić information content (AvgIpc) is 2.79. The lowest BCUT2D eigenvalue weighted by atomic mass is 10.1. The summed E-state index contributed by atoms with van der Waals surface area (Å²) >= 11 is 0. The number of likely N-dealkylation sites (N-methyl/N-ethyl adjacent to an activating group) is 1. The smallest absolute Gasteiger partial charge is 0.251 e. The number of amides is 1. The Kier molecular flexibility index (Phi) is 12.5. The lowest BCUT2D eigenvalue weighted by Gasteiger charge is -2.22. The number of nitrogens with zero attached hydrogens (tertiary/aromatic N) is 2. The number of ether oxygens (including phenoxy) is 2. The molecule has 0 fully saturated rings. The molecule has 1 amide bonds. The Morgan fingerprint density at radius 2 is 1.81 bits per heavy atom. The highest BCUT2D eigenvalue weighted by atomic mass is 127. The van der Waals surface area contributed by atoms with E-state index in [0.29, 0.717) is 18.7 Å². The van der Waals surface area contributed by atoms with Crippen molar-refractivity contribution in [2.45, 2.75) is 20.3 Å². The summed E-state index contributed by atoms with van der Waals surface area (Å²) < 4.78 is 10.7. The zero-order chi connectivity index (χ0) is 22.6. The van der Waals surface area contributed by atoms with Gasteiger partial charge >= 0.3 is 0 Å². The van der Waals surface area contributed by atoms with Crippen molar-refractivity contribution in [3.05, 3.63) is 59.2 Å². The Labute approximate surface area is 208 Å². The second-order valence-corrected chi connectivity index (χ2v) is 7.22. The van der Waals surface area contributed by atoms with E-state index in [1.807, 2.05) is 63.4 Å². The van der Waals surface area contributed by atoms with Crippen LogP contribution in [0, 0.1) is 6.92 Å². The predicted octanol–water partition coefficient (Wildman–Crippen LogP) is 3.50. The van der Waals surface area contributed by atoms with Gasteiger partial charge in [-0.3, -0.25) is 9.79 Å². The van der Waals surface area contributed by atoms with Crippen molar-refractivity contribution in [2.75, 3.05) is 47.4 Å². The Hall–Kier alpha value is -2.49. The summed E-state index contributed by atoms with van der Waals surface area (Å²) in [6, 6.07) is 13.5. The number of carbonyl (C=O) groups is 1. The molecule has 0 saturated carbocycles. The van der Waals surface area contributed by atoms with Gasteiger partial charge in [-0.05, 0) is 50.1 Å². The monoisotopic (exact) mass is 554 g/mol. The molecule has 0 aliphatic rings. The number of aliphatic imine (C=N–C) groups is 1. The van der Waals surface area contributed by atoms with E-state index in [1.165, 1.54) is 0 Å². The van der Waals surface area contributed by atoms with Gasteiger partial charge in [0.05, 0.1) is 20.8 Å². The molecule has 2 aromatic carbocycles. The Bertz CT molecular complexity index is 889. The van der Waals surface area contributed by atoms with E-state index in [2.05, 4.69) is 20.5 Å². The Morgan fingerprint density at radius 1 is 1.06 bits per heavy atom. The minimum absolute atomic E-state index is 0.